The minimum absolute atomic E-state index is 0. The van der Waals surface area contributed by atoms with Gasteiger partial charge in [0.2, 0.25) is 5.91 Å². The molecule has 1 aliphatic rings. The van der Waals surface area contributed by atoms with Crippen molar-refractivity contribution >= 4 is 18.3 Å². The van der Waals surface area contributed by atoms with Crippen molar-refractivity contribution in [1.82, 2.24) is 5.32 Å². The SMILES string of the molecule is Cl.NC[C@H]1CC[C@@H](C(=O)NCc2cccc(F)c2)O1. The lowest BCUT2D eigenvalue weighted by Crippen LogP contribution is -2.35. The van der Waals surface area contributed by atoms with E-state index in [4.69, 9.17) is 10.5 Å². The number of hydrogen-bond donors (Lipinski definition) is 2. The average Bonchev–Trinajstić information content (AvgIpc) is 2.85. The molecule has 1 saturated heterocycles. The minimum atomic E-state index is -0.424. The summed E-state index contributed by atoms with van der Waals surface area (Å²) in [6.45, 7) is 0.747. The number of halogens is 2. The average molecular weight is 289 g/mol. The van der Waals surface area contributed by atoms with E-state index >= 15 is 0 Å². The predicted octanol–water partition coefficient (Wildman–Crippen LogP) is 1.37. The van der Waals surface area contributed by atoms with Gasteiger partial charge in [-0.15, -0.1) is 12.4 Å². The van der Waals surface area contributed by atoms with Gasteiger partial charge in [0.05, 0.1) is 6.10 Å². The summed E-state index contributed by atoms with van der Waals surface area (Å²) in [4.78, 5) is 11.8. The smallest absolute Gasteiger partial charge is 0.249 e. The molecule has 0 aliphatic carbocycles. The first-order chi connectivity index (χ1) is 8.69. The normalized spacial score (nSPS) is 21.8. The molecule has 1 fully saturated rings. The van der Waals surface area contributed by atoms with Crippen LogP contribution in [0.3, 0.4) is 0 Å². The van der Waals surface area contributed by atoms with Crippen molar-refractivity contribution in [1.29, 1.82) is 0 Å². The summed E-state index contributed by atoms with van der Waals surface area (Å²) in [6.07, 6.45) is 1.06. The fraction of sp³-hybridized carbons (Fsp3) is 0.462. The van der Waals surface area contributed by atoms with E-state index in [9.17, 15) is 9.18 Å². The number of ether oxygens (including phenoxy) is 1. The Morgan fingerprint density at radius 2 is 2.26 bits per heavy atom. The maximum absolute atomic E-state index is 12.9. The zero-order valence-corrected chi connectivity index (χ0v) is 11.3. The largest absolute Gasteiger partial charge is 0.364 e. The van der Waals surface area contributed by atoms with Crippen molar-refractivity contribution in [3.63, 3.8) is 0 Å². The lowest BCUT2D eigenvalue weighted by Gasteiger charge is -2.12. The van der Waals surface area contributed by atoms with Crippen LogP contribution in [0.15, 0.2) is 24.3 Å². The molecular formula is C13H18ClFN2O2. The fourth-order valence-corrected chi connectivity index (χ4v) is 2.02. The number of hydrogen-bond acceptors (Lipinski definition) is 3. The summed E-state index contributed by atoms with van der Waals surface area (Å²) in [5.41, 5.74) is 6.21. The molecule has 2 atom stereocenters. The first-order valence-electron chi connectivity index (χ1n) is 6.06. The minimum Gasteiger partial charge on any atom is -0.364 e. The molecular weight excluding hydrogens is 271 g/mol. The molecule has 0 unspecified atom stereocenters. The second-order valence-electron chi connectivity index (χ2n) is 4.41. The van der Waals surface area contributed by atoms with E-state index in [0.29, 0.717) is 19.5 Å². The van der Waals surface area contributed by atoms with Gasteiger partial charge in [0, 0.05) is 13.1 Å². The topological polar surface area (TPSA) is 64.4 Å². The van der Waals surface area contributed by atoms with Gasteiger partial charge >= 0.3 is 0 Å². The Morgan fingerprint density at radius 1 is 1.47 bits per heavy atom. The predicted molar refractivity (Wildman–Crippen MR) is 72.4 cm³/mol. The van der Waals surface area contributed by atoms with Gasteiger partial charge in [0.15, 0.2) is 0 Å². The summed E-state index contributed by atoms with van der Waals surface area (Å²) >= 11 is 0. The zero-order valence-electron chi connectivity index (χ0n) is 10.5. The Bertz CT molecular complexity index is 431. The highest BCUT2D eigenvalue weighted by atomic mass is 35.5. The van der Waals surface area contributed by atoms with Crippen molar-refractivity contribution in [3.05, 3.63) is 35.6 Å². The molecule has 0 aromatic heterocycles. The van der Waals surface area contributed by atoms with Crippen LogP contribution in [0.4, 0.5) is 4.39 Å². The number of amides is 1. The molecule has 1 amide bonds. The van der Waals surface area contributed by atoms with Crippen LogP contribution >= 0.6 is 12.4 Å². The quantitative estimate of drug-likeness (QED) is 0.879. The van der Waals surface area contributed by atoms with Crippen molar-refractivity contribution in [2.45, 2.75) is 31.6 Å². The van der Waals surface area contributed by atoms with Crippen molar-refractivity contribution in [2.24, 2.45) is 5.73 Å². The molecule has 6 heteroatoms. The Balaban J connectivity index is 0.00000180. The van der Waals surface area contributed by atoms with E-state index in [2.05, 4.69) is 5.32 Å². The summed E-state index contributed by atoms with van der Waals surface area (Å²) in [5.74, 6) is -0.461. The molecule has 0 spiro atoms. The first-order valence-corrected chi connectivity index (χ1v) is 6.06. The molecule has 4 nitrogen and oxygen atoms in total. The molecule has 3 N–H and O–H groups in total. The Labute approximate surface area is 117 Å². The van der Waals surface area contributed by atoms with Gasteiger partial charge < -0.3 is 15.8 Å². The van der Waals surface area contributed by atoms with Crippen LogP contribution in [-0.2, 0) is 16.1 Å². The fourth-order valence-electron chi connectivity index (χ4n) is 2.02. The van der Waals surface area contributed by atoms with E-state index in [1.54, 1.807) is 12.1 Å². The molecule has 0 bridgehead atoms. The van der Waals surface area contributed by atoms with Crippen molar-refractivity contribution in [2.75, 3.05) is 6.54 Å². The molecule has 106 valence electrons. The van der Waals surface area contributed by atoms with E-state index in [1.165, 1.54) is 12.1 Å². The summed E-state index contributed by atoms with van der Waals surface area (Å²) < 4.78 is 18.4. The maximum Gasteiger partial charge on any atom is 0.249 e. The van der Waals surface area contributed by atoms with E-state index in [-0.39, 0.29) is 30.2 Å². The van der Waals surface area contributed by atoms with Crippen molar-refractivity contribution < 1.29 is 13.9 Å². The third-order valence-electron chi connectivity index (χ3n) is 3.02. The molecule has 0 radical (unpaired) electrons. The molecule has 0 saturated carbocycles. The van der Waals surface area contributed by atoms with Crippen LogP contribution in [0.1, 0.15) is 18.4 Å². The lowest BCUT2D eigenvalue weighted by molar-refractivity contribution is -0.132. The molecule has 1 aromatic carbocycles. The van der Waals surface area contributed by atoms with Crippen LogP contribution in [0, 0.1) is 5.82 Å². The summed E-state index contributed by atoms with van der Waals surface area (Å²) in [7, 11) is 0. The molecule has 1 aliphatic heterocycles. The highest BCUT2D eigenvalue weighted by molar-refractivity contribution is 5.85. The van der Waals surface area contributed by atoms with Gasteiger partial charge in [-0.05, 0) is 30.5 Å². The number of nitrogens with two attached hydrogens (primary N) is 1. The second-order valence-corrected chi connectivity index (χ2v) is 4.41. The van der Waals surface area contributed by atoms with Crippen molar-refractivity contribution in [3.8, 4) is 0 Å². The second kappa shape index (κ2) is 7.43. The number of carbonyl (C=O) groups excluding carboxylic acids is 1. The van der Waals surface area contributed by atoms with Crippen LogP contribution < -0.4 is 11.1 Å². The van der Waals surface area contributed by atoms with Crippen LogP contribution in [0.5, 0.6) is 0 Å². The lowest BCUT2D eigenvalue weighted by atomic mass is 10.2. The Morgan fingerprint density at radius 3 is 2.89 bits per heavy atom. The molecule has 2 rings (SSSR count). The number of nitrogens with one attached hydrogen (secondary N) is 1. The third kappa shape index (κ3) is 4.45. The standard InChI is InChI=1S/C13H17FN2O2.ClH/c14-10-3-1-2-9(6-10)8-16-13(17)12-5-4-11(7-15)18-12;/h1-3,6,11-12H,4-5,7-8,15H2,(H,16,17);1H/t11-,12+;/m1./s1. The highest BCUT2D eigenvalue weighted by Crippen LogP contribution is 2.18. The van der Waals surface area contributed by atoms with Gasteiger partial charge in [0.1, 0.15) is 11.9 Å². The summed E-state index contributed by atoms with van der Waals surface area (Å²) in [5, 5.41) is 2.74. The third-order valence-corrected chi connectivity index (χ3v) is 3.02. The maximum atomic E-state index is 12.9. The number of rotatable bonds is 4. The number of carbonyl (C=O) groups is 1. The van der Waals surface area contributed by atoms with Crippen LogP contribution in [-0.4, -0.2) is 24.7 Å². The van der Waals surface area contributed by atoms with Gasteiger partial charge in [0.25, 0.3) is 0 Å². The zero-order chi connectivity index (χ0) is 13.0. The van der Waals surface area contributed by atoms with E-state index in [1.807, 2.05) is 0 Å². The Hall–Kier alpha value is -1.17. The van der Waals surface area contributed by atoms with Crippen LogP contribution in [0.2, 0.25) is 0 Å². The van der Waals surface area contributed by atoms with Crippen LogP contribution in [0.25, 0.3) is 0 Å². The molecule has 1 heterocycles. The molecule has 19 heavy (non-hydrogen) atoms. The summed E-state index contributed by atoms with van der Waals surface area (Å²) in [6, 6.07) is 6.16. The van der Waals surface area contributed by atoms with E-state index in [0.717, 1.165) is 12.0 Å². The Kier molecular flexibility index (Phi) is 6.21. The first kappa shape index (κ1) is 15.9. The molecule has 1 aromatic rings. The van der Waals surface area contributed by atoms with Gasteiger partial charge in [-0.2, -0.15) is 0 Å². The van der Waals surface area contributed by atoms with Gasteiger partial charge in [-0.1, -0.05) is 12.1 Å². The van der Waals surface area contributed by atoms with Gasteiger partial charge in [-0.3, -0.25) is 4.79 Å². The number of benzene rings is 1. The highest BCUT2D eigenvalue weighted by Gasteiger charge is 2.29. The van der Waals surface area contributed by atoms with E-state index < -0.39 is 6.10 Å². The van der Waals surface area contributed by atoms with Gasteiger partial charge in [-0.25, -0.2) is 4.39 Å². The monoisotopic (exact) mass is 288 g/mol.